The first-order chi connectivity index (χ1) is 72.6. The highest BCUT2D eigenvalue weighted by Crippen LogP contribution is 2.38. The van der Waals surface area contributed by atoms with Crippen LogP contribution in [-0.2, 0) is 87.8 Å². The Labute approximate surface area is 901 Å². The van der Waals surface area contributed by atoms with Crippen molar-refractivity contribution >= 4 is 59.4 Å². The Kier molecular flexibility index (Phi) is 76.6. The van der Waals surface area contributed by atoms with Gasteiger partial charge >= 0.3 is 29.8 Å². The van der Waals surface area contributed by atoms with Gasteiger partial charge in [0.1, 0.15) is 44.0 Å². The summed E-state index contributed by atoms with van der Waals surface area (Å²) in [5.74, 6) is 2.08. The molecule has 0 radical (unpaired) electrons. The zero-order valence-corrected chi connectivity index (χ0v) is 93.2. The number of unbranched alkanes of at least 4 members (excludes halogenated alkanes) is 2. The number of aliphatic hydroxyl groups is 1. The molecule has 8 rings (SSSR count). The summed E-state index contributed by atoms with van der Waals surface area (Å²) in [5.41, 5.74) is 9.30. The van der Waals surface area contributed by atoms with E-state index in [0.717, 1.165) is 215 Å². The van der Waals surface area contributed by atoms with E-state index in [2.05, 4.69) is 228 Å². The first kappa shape index (κ1) is 133. The monoisotopic (exact) mass is 2070 g/mol. The van der Waals surface area contributed by atoms with Gasteiger partial charge in [0.05, 0.1) is 13.2 Å². The summed E-state index contributed by atoms with van der Waals surface area (Å²) in [6, 6.07) is 35.6. The number of carbonyl (C=O) groups is 10. The maximum atomic E-state index is 13.1. The lowest BCUT2D eigenvalue weighted by atomic mass is 9.76. The molecule has 150 heavy (non-hydrogen) atoms. The number of aliphatic carboxylic acids is 2. The van der Waals surface area contributed by atoms with Crippen LogP contribution in [0.5, 0.6) is 0 Å². The van der Waals surface area contributed by atoms with Crippen LogP contribution in [0.15, 0.2) is 243 Å². The summed E-state index contributed by atoms with van der Waals surface area (Å²) >= 11 is 0. The number of benzene rings is 4. The third-order valence-corrected chi connectivity index (χ3v) is 27.7. The number of likely N-dealkylation sites (N-methyl/N-ethyl adjacent to an activating group) is 2. The minimum absolute atomic E-state index is 0.00313. The second-order valence-corrected chi connectivity index (χ2v) is 40.9. The number of carboxylic acids is 2. The van der Waals surface area contributed by atoms with Crippen LogP contribution in [0.3, 0.4) is 0 Å². The van der Waals surface area contributed by atoms with E-state index < -0.39 is 48.0 Å². The maximum Gasteiger partial charge on any atom is 0.329 e. The average Bonchev–Trinajstić information content (AvgIpc) is 0.861. The molecule has 0 saturated heterocycles. The van der Waals surface area contributed by atoms with E-state index in [1.807, 2.05) is 128 Å². The largest absolute Gasteiger partial charge is 0.481 e. The van der Waals surface area contributed by atoms with Crippen LogP contribution in [0, 0.1) is 71.0 Å². The number of hydrogen-bond acceptors (Lipinski definition) is 17. The molecule has 4 aromatic rings. The number of aliphatic hydroxyl groups excluding tert-OH is 1. The Morgan fingerprint density at radius 1 is 0.327 bits per heavy atom. The maximum absolute atomic E-state index is 13.1. The van der Waals surface area contributed by atoms with E-state index >= 15 is 0 Å². The van der Waals surface area contributed by atoms with Crippen LogP contribution >= 0.6 is 0 Å². The van der Waals surface area contributed by atoms with E-state index in [-0.39, 0.29) is 98.5 Å². The minimum atomic E-state index is -0.974. The number of rotatable bonds is 60. The van der Waals surface area contributed by atoms with Gasteiger partial charge in [0.25, 0.3) is 0 Å². The van der Waals surface area contributed by atoms with Crippen LogP contribution < -0.4 is 43.0 Å². The molecule has 0 aromatic heterocycles. The van der Waals surface area contributed by atoms with Gasteiger partial charge in [-0.15, -0.1) is 0 Å². The molecule has 4 atom stereocenters. The number of allylic oxidation sites excluding steroid dienone is 20. The molecule has 4 saturated carbocycles. The lowest BCUT2D eigenvalue weighted by Gasteiger charge is -2.31. The molecule has 5 amide bonds. The molecule has 0 unspecified atom stereocenters. The zero-order valence-electron chi connectivity index (χ0n) is 93.2. The van der Waals surface area contributed by atoms with Gasteiger partial charge in [0.2, 0.25) is 29.5 Å². The van der Waals surface area contributed by atoms with Gasteiger partial charge < -0.3 is 72.5 Å². The summed E-state index contributed by atoms with van der Waals surface area (Å²) in [6.45, 7) is 24.8. The van der Waals surface area contributed by atoms with Gasteiger partial charge in [0, 0.05) is 81.8 Å². The Balaban J connectivity index is 0.000000491. The number of ether oxygens (including phenoxy) is 3. The van der Waals surface area contributed by atoms with Crippen molar-refractivity contribution in [3.63, 3.8) is 0 Å². The number of carbonyl (C=O) groups excluding carboxylic acids is 8. The van der Waals surface area contributed by atoms with Crippen molar-refractivity contribution in [3.8, 4) is 0 Å². The van der Waals surface area contributed by atoms with Crippen LogP contribution in [0.25, 0.3) is 0 Å². The molecule has 4 aliphatic rings. The summed E-state index contributed by atoms with van der Waals surface area (Å²) < 4.78 is 16.0. The van der Waals surface area contributed by atoms with E-state index in [4.69, 9.17) is 30.2 Å². The standard InChI is InChI=1S/C41H60N2O4.C22H34N2O3.C21H32N2O3.C20H30O2.C19H27NO3.C3H9NO/c1-4-5-6-7-8-9-10-11-12-13-14-15-16-17-18-19-23-26-39(44)42-31-32-47-41(46)38(33-35-24-21-20-22-25-35)43-40(45)37-29-27-36(28-30-37)34(2)3;1-16(2)18-9-11-19(12-10-18)21(25)24-20(22(26)27-14-13-23-3)15-17-7-5-4-6-8-17;1-15(2)17-8-10-18(11-9-17)20(24)23-19(21(25)26-13-12-22)14-16-6-4-3-5-7-16;1-2-3-4-5-6-7-8-9-10-11-12-13-14-15-16-17-18-19-20(21)22;1-13(2)15-8-10-16(11-9-15)18(21)20-17(19(22)23)12-14-6-4-3-5-7-14;1-4-2-3-5/h5-6,8-9,11-12,14-15,17-18,20-22,24-25,34,36-38H,4,7,10,13,16,19,23,26-33H2,1-3H3,(H,42,44)(H,43,45);4-8,16,18-20,23H,9-15H2,1-3H3,(H,24,25);3-7,15,17-19H,8-14,22H2,1-2H3,(H,23,24);3-4,6-7,9-10,12-13,15-16H,2,5,8,11,14,17-19H2,1H3,(H,21,22);3-7,13,15-17H,8-12H2,1-2H3,(H,20,21)(H,22,23);4-5H,2-3H2,1H3/b6-5-,9-8-,12-11-,15-14-,18-17-;;;4-3-,7-6-,10-9-,13-12-,16-15-;;/t36?,37?,38-;18?,19?,20-;17?,18?,19-;;15?,16?,17-;/m111.1./s1. The Hall–Kier alpha value is -11.2. The molecular weight excluding hydrogens is 1880 g/mol. The molecule has 24 heteroatoms. The first-order valence-electron chi connectivity index (χ1n) is 56.3. The fourth-order valence-corrected chi connectivity index (χ4v) is 18.3. The molecule has 0 spiro atoms. The first-order valence-corrected chi connectivity index (χ1v) is 56.3. The van der Waals surface area contributed by atoms with Gasteiger partial charge in [-0.3, -0.25) is 28.8 Å². The minimum Gasteiger partial charge on any atom is -0.481 e. The second kappa shape index (κ2) is 86.4. The van der Waals surface area contributed by atoms with Crippen LogP contribution in [0.2, 0.25) is 0 Å². The molecular formula is C126H192N8O16. The van der Waals surface area contributed by atoms with Crippen molar-refractivity contribution < 1.29 is 77.5 Å². The smallest absolute Gasteiger partial charge is 0.329 e. The van der Waals surface area contributed by atoms with E-state index in [9.17, 15) is 53.1 Å². The lowest BCUT2D eigenvalue weighted by Crippen LogP contribution is -2.46. The molecule has 4 aliphatic carbocycles. The van der Waals surface area contributed by atoms with Crippen molar-refractivity contribution in [2.45, 2.75) is 325 Å². The van der Waals surface area contributed by atoms with Crippen molar-refractivity contribution in [2.24, 2.45) is 76.7 Å². The number of hydrogen-bond donors (Lipinski definition) is 11. The van der Waals surface area contributed by atoms with Gasteiger partial charge in [-0.1, -0.05) is 312 Å². The Morgan fingerprint density at radius 3 is 0.813 bits per heavy atom. The lowest BCUT2D eigenvalue weighted by molar-refractivity contribution is -0.148. The number of carboxylic acid groups (broad SMARTS) is 2. The van der Waals surface area contributed by atoms with Gasteiger partial charge in [-0.25, -0.2) is 19.2 Å². The van der Waals surface area contributed by atoms with E-state index in [0.29, 0.717) is 99.1 Å². The normalized spacial score (nSPS) is 18.6. The summed E-state index contributed by atoms with van der Waals surface area (Å²) in [5, 5.41) is 46.1. The van der Waals surface area contributed by atoms with Gasteiger partial charge in [-0.05, 0) is 276 Å². The van der Waals surface area contributed by atoms with Crippen LogP contribution in [0.1, 0.15) is 297 Å². The molecule has 24 nitrogen and oxygen atoms in total. The molecule has 12 N–H and O–H groups in total. The van der Waals surface area contributed by atoms with E-state index in [1.165, 1.54) is 0 Å². The molecule has 832 valence electrons. The van der Waals surface area contributed by atoms with Crippen LogP contribution in [-0.4, -0.2) is 166 Å². The summed E-state index contributed by atoms with van der Waals surface area (Å²) in [7, 11) is 3.61. The molecule has 4 fully saturated rings. The molecule has 0 heterocycles. The third-order valence-electron chi connectivity index (χ3n) is 27.7. The third kappa shape index (κ3) is 65.2. The van der Waals surface area contributed by atoms with Crippen molar-refractivity contribution in [2.75, 3.05) is 66.7 Å². The highest BCUT2D eigenvalue weighted by molar-refractivity contribution is 5.88. The predicted molar refractivity (Wildman–Crippen MR) is 611 cm³/mol. The summed E-state index contributed by atoms with van der Waals surface area (Å²) in [4.78, 5) is 123. The Bertz CT molecular complexity index is 4570. The molecule has 0 bridgehead atoms. The van der Waals surface area contributed by atoms with Gasteiger partial charge in [-0.2, -0.15) is 0 Å². The average molecular weight is 2070 g/mol. The fraction of sp³-hybridized carbons (Fsp3) is 0.571. The second-order valence-electron chi connectivity index (χ2n) is 40.9. The molecule has 4 aromatic carbocycles. The fourth-order valence-electron chi connectivity index (χ4n) is 18.3. The Morgan fingerprint density at radius 2 is 0.573 bits per heavy atom. The number of nitrogens with one attached hydrogen (secondary N) is 7. The predicted octanol–water partition coefficient (Wildman–Crippen LogP) is 22.8. The molecule has 0 aliphatic heterocycles. The van der Waals surface area contributed by atoms with Crippen LogP contribution in [0.4, 0.5) is 0 Å². The van der Waals surface area contributed by atoms with Crippen molar-refractivity contribution in [1.29, 1.82) is 0 Å². The quantitative estimate of drug-likeness (QED) is 0.00846. The summed E-state index contributed by atoms with van der Waals surface area (Å²) in [6.07, 6.45) is 74.3. The SMILES string of the molecule is CC(C)C1CCC(C(=O)N[C@H](Cc2ccccc2)C(=O)O)CC1.CC(C)C1CCC(C(=O)N[C@H](Cc2ccccc2)C(=O)OCCN)CC1.CC/C=C\C/C=C\C/C=C\C/C=C\C/C=C\CCCC(=O)NCCOC(=O)[C@@H](Cc1ccccc1)NC(=O)C1CCC(C(C)C)CC1.CC/C=C\C/C=C\C/C=C\C/C=C\C/C=C\CCCC(=O)O.CNCCO.CNCCOC(=O)[C@@H](Cc1ccccc1)NC(=O)C1CCC(C(C)C)CC1. The zero-order chi connectivity index (χ0) is 110. The van der Waals surface area contributed by atoms with Gasteiger partial charge in [0.15, 0.2) is 0 Å². The number of amides is 5. The van der Waals surface area contributed by atoms with Crippen molar-refractivity contribution in [3.05, 3.63) is 265 Å². The van der Waals surface area contributed by atoms with Crippen molar-refractivity contribution in [1.82, 2.24) is 37.2 Å². The topological polar surface area (TPSA) is 369 Å². The number of nitrogens with two attached hydrogens (primary N) is 1. The highest BCUT2D eigenvalue weighted by Gasteiger charge is 2.36. The number of esters is 3. The highest BCUT2D eigenvalue weighted by atomic mass is 16.5. The van der Waals surface area contributed by atoms with E-state index in [1.54, 1.807) is 7.05 Å².